The smallest absolute Gasteiger partial charge is 0.294 e. The molecule has 0 saturated carbocycles. The average molecular weight is 1030 g/mol. The summed E-state index contributed by atoms with van der Waals surface area (Å²) >= 11 is 0.704. The second-order valence-electron chi connectivity index (χ2n) is 13.2. The standard InChI is InChI=1S/C35H38N10O17S5/c46-61-62-63-27-7-1-5-23(19-27)42-44-25-9-11-29(31(21-25)59-14-3-16-64(47,48)49)37-34-39-33(36-13-18-66(53,54)55)40-35(41-34)38-30-12-10-26(22-32(30)60-15-4-17-65(50,51)52)45-43-24-6-2-8-28(20-24)67(56,57)58/h1-2,5-12,19-22,46H,3-4,13-18H2,(H,47,48,49)(H,50,51,52)(H,53,54,55)(H,56,57,58)(H3,36,37,38,39,40,41). The van der Waals surface area contributed by atoms with Crippen molar-refractivity contribution < 1.29 is 76.0 Å². The van der Waals surface area contributed by atoms with Gasteiger partial charge in [0, 0.05) is 23.6 Å². The first-order chi connectivity index (χ1) is 31.6. The molecule has 360 valence electrons. The Kier molecular flexibility index (Phi) is 18.3. The van der Waals surface area contributed by atoms with E-state index in [1.54, 1.807) is 24.3 Å². The number of nitrogens with zero attached hydrogens (tertiary/aromatic N) is 7. The van der Waals surface area contributed by atoms with Crippen molar-refractivity contribution in [2.24, 2.45) is 20.5 Å². The molecule has 32 heteroatoms. The Morgan fingerprint density at radius 3 is 1.49 bits per heavy atom. The van der Waals surface area contributed by atoms with Crippen LogP contribution in [0.1, 0.15) is 12.8 Å². The van der Waals surface area contributed by atoms with Gasteiger partial charge in [0.2, 0.25) is 17.8 Å². The van der Waals surface area contributed by atoms with Crippen molar-refractivity contribution in [1.82, 2.24) is 15.0 Å². The fourth-order valence-corrected chi connectivity index (χ4v) is 7.38. The first kappa shape index (κ1) is 51.9. The van der Waals surface area contributed by atoms with Crippen LogP contribution in [-0.2, 0) is 49.8 Å². The van der Waals surface area contributed by atoms with E-state index in [-0.39, 0.29) is 90.4 Å². The zero-order valence-corrected chi connectivity index (χ0v) is 38.1. The van der Waals surface area contributed by atoms with Gasteiger partial charge in [-0.2, -0.15) is 69.1 Å². The maximum absolute atomic E-state index is 11.6. The quantitative estimate of drug-likeness (QED) is 0.00733. The molecular formula is C35H38N10O17S5. The van der Waals surface area contributed by atoms with E-state index < -0.39 is 62.6 Å². The van der Waals surface area contributed by atoms with E-state index in [1.165, 1.54) is 48.5 Å². The molecule has 0 fully saturated rings. The van der Waals surface area contributed by atoms with Crippen molar-refractivity contribution in [3.8, 4) is 11.5 Å². The van der Waals surface area contributed by atoms with Gasteiger partial charge < -0.3 is 25.4 Å². The van der Waals surface area contributed by atoms with Crippen molar-refractivity contribution in [3.05, 3.63) is 84.9 Å². The average Bonchev–Trinajstić information content (AvgIpc) is 3.24. The van der Waals surface area contributed by atoms with Gasteiger partial charge in [-0.05, 0) is 73.5 Å². The molecule has 0 aliphatic carbocycles. The Hall–Kier alpha value is -6.04. The topological polar surface area (TPSA) is 399 Å². The second-order valence-corrected chi connectivity index (χ2v) is 20.1. The highest BCUT2D eigenvalue weighted by Crippen LogP contribution is 2.35. The van der Waals surface area contributed by atoms with Crippen LogP contribution in [0.25, 0.3) is 0 Å². The van der Waals surface area contributed by atoms with E-state index in [9.17, 15) is 51.9 Å². The SMILES string of the molecule is O=S(=O)(O)CCCOc1cc(N=Nc2cccc(SOOO)c2)ccc1Nc1nc(NCCS(=O)(=O)O)nc(Nc2ccc(N=Nc3cccc(S(=O)(=O)O)c3)cc2OCCCS(=O)(=O)O)n1. The zero-order chi connectivity index (χ0) is 48.7. The zero-order valence-electron chi connectivity index (χ0n) is 34.0. The lowest BCUT2D eigenvalue weighted by molar-refractivity contribution is -0.432. The van der Waals surface area contributed by atoms with Crippen LogP contribution in [0.3, 0.4) is 0 Å². The second kappa shape index (κ2) is 23.6. The molecule has 0 saturated heterocycles. The van der Waals surface area contributed by atoms with Gasteiger partial charge in [-0.3, -0.25) is 18.2 Å². The molecule has 5 rings (SSSR count). The van der Waals surface area contributed by atoms with Crippen LogP contribution in [0, 0.1) is 0 Å². The molecule has 0 aliphatic rings. The first-order valence-corrected chi connectivity index (χ1v) is 25.7. The Bertz CT molecular complexity index is 3040. The van der Waals surface area contributed by atoms with Crippen molar-refractivity contribution >= 4 is 104 Å². The highest BCUT2D eigenvalue weighted by molar-refractivity contribution is 7.94. The summed E-state index contributed by atoms with van der Waals surface area (Å²) in [5.74, 6) is -2.57. The molecule has 8 N–H and O–H groups in total. The number of rotatable bonds is 26. The van der Waals surface area contributed by atoms with Crippen LogP contribution in [0.2, 0.25) is 0 Å². The number of azo groups is 2. The summed E-state index contributed by atoms with van der Waals surface area (Å²) < 4.78 is 145. The molecule has 0 amide bonds. The van der Waals surface area contributed by atoms with Gasteiger partial charge >= 0.3 is 0 Å². The number of hydrogen-bond donors (Lipinski definition) is 8. The van der Waals surface area contributed by atoms with Crippen molar-refractivity contribution in [1.29, 1.82) is 0 Å². The van der Waals surface area contributed by atoms with Gasteiger partial charge in [0.1, 0.15) is 11.5 Å². The number of ether oxygens (including phenoxy) is 2. The van der Waals surface area contributed by atoms with Crippen LogP contribution in [0.5, 0.6) is 11.5 Å². The maximum Gasteiger partial charge on any atom is 0.294 e. The molecule has 0 atom stereocenters. The van der Waals surface area contributed by atoms with E-state index >= 15 is 0 Å². The summed E-state index contributed by atoms with van der Waals surface area (Å²) in [5, 5.41) is 37.1. The van der Waals surface area contributed by atoms with Gasteiger partial charge in [-0.25, -0.2) is 5.26 Å². The molecule has 0 radical (unpaired) electrons. The molecule has 27 nitrogen and oxygen atoms in total. The molecule has 67 heavy (non-hydrogen) atoms. The van der Waals surface area contributed by atoms with Gasteiger partial charge in [-0.15, -0.1) is 4.33 Å². The number of anilines is 5. The molecule has 5 aromatic rings. The summed E-state index contributed by atoms with van der Waals surface area (Å²) in [4.78, 5) is 13.0. The lowest BCUT2D eigenvalue weighted by atomic mass is 10.2. The Morgan fingerprint density at radius 2 is 1.01 bits per heavy atom. The Labute approximate surface area is 386 Å². The Morgan fingerprint density at radius 1 is 0.552 bits per heavy atom. The van der Waals surface area contributed by atoms with Crippen molar-refractivity contribution in [3.63, 3.8) is 0 Å². The number of hydrogen-bond acceptors (Lipinski definition) is 24. The van der Waals surface area contributed by atoms with Crippen LogP contribution in [0.15, 0.2) is 115 Å². The summed E-state index contributed by atoms with van der Waals surface area (Å²) in [6.07, 6.45) is -0.283. The third-order valence-corrected chi connectivity index (χ3v) is 11.7. The normalized spacial score (nSPS) is 12.4. The van der Waals surface area contributed by atoms with Gasteiger partial charge in [0.05, 0.1) is 81.5 Å². The van der Waals surface area contributed by atoms with Crippen molar-refractivity contribution in [2.75, 3.05) is 53.0 Å². The minimum absolute atomic E-state index is 0.0117. The van der Waals surface area contributed by atoms with Gasteiger partial charge in [0.25, 0.3) is 40.5 Å². The van der Waals surface area contributed by atoms with Crippen molar-refractivity contribution in [2.45, 2.75) is 22.6 Å². The van der Waals surface area contributed by atoms with Gasteiger partial charge in [-0.1, -0.05) is 17.2 Å². The first-order valence-electron chi connectivity index (χ1n) is 18.7. The van der Waals surface area contributed by atoms with Gasteiger partial charge in [0.15, 0.2) is 0 Å². The minimum atomic E-state index is -4.54. The summed E-state index contributed by atoms with van der Waals surface area (Å²) in [6, 6.07) is 20.1. The lowest BCUT2D eigenvalue weighted by Crippen LogP contribution is -2.17. The van der Waals surface area contributed by atoms with E-state index in [0.29, 0.717) is 22.6 Å². The van der Waals surface area contributed by atoms with Crippen LogP contribution in [-0.4, -0.2) is 109 Å². The molecule has 1 heterocycles. The highest BCUT2D eigenvalue weighted by Gasteiger charge is 2.16. The largest absolute Gasteiger partial charge is 0.491 e. The molecule has 4 aromatic carbocycles. The van der Waals surface area contributed by atoms with E-state index in [1.807, 2.05) is 0 Å². The van der Waals surface area contributed by atoms with Crippen LogP contribution in [0.4, 0.5) is 52.0 Å². The third-order valence-electron chi connectivity index (χ3n) is 7.97. The van der Waals surface area contributed by atoms with Crippen LogP contribution >= 0.6 is 12.0 Å². The monoisotopic (exact) mass is 1030 g/mol. The molecule has 0 bridgehead atoms. The van der Waals surface area contributed by atoms with Crippen LogP contribution < -0.4 is 25.4 Å². The predicted octanol–water partition coefficient (Wildman–Crippen LogP) is 6.48. The summed E-state index contributed by atoms with van der Waals surface area (Å²) in [6.45, 7) is -0.837. The van der Waals surface area contributed by atoms with E-state index in [2.05, 4.69) is 60.7 Å². The fraction of sp³-hybridized carbons (Fsp3) is 0.229. The minimum Gasteiger partial charge on any atom is -0.491 e. The van der Waals surface area contributed by atoms with E-state index in [0.717, 1.165) is 12.1 Å². The molecule has 1 aromatic heterocycles. The van der Waals surface area contributed by atoms with E-state index in [4.69, 9.17) is 14.7 Å². The third kappa shape index (κ3) is 19.0. The molecule has 0 aliphatic heterocycles. The Balaban J connectivity index is 1.49. The number of aromatic nitrogens is 3. The lowest BCUT2D eigenvalue weighted by Gasteiger charge is -2.16. The highest BCUT2D eigenvalue weighted by atomic mass is 32.2. The molecule has 0 unspecified atom stereocenters. The fourth-order valence-electron chi connectivity index (χ4n) is 5.13. The summed E-state index contributed by atoms with van der Waals surface area (Å²) in [7, 11) is -17.6. The summed E-state index contributed by atoms with van der Waals surface area (Å²) in [5.41, 5.74) is 1.12. The predicted molar refractivity (Wildman–Crippen MR) is 239 cm³/mol. The number of benzene rings is 4. The maximum atomic E-state index is 11.6. The molecule has 0 spiro atoms. The molecular weight excluding hydrogens is 993 g/mol. The number of nitrogens with one attached hydrogen (secondary N) is 3.